The minimum Gasteiger partial charge on any atom is -0.376 e. The molecule has 0 aromatic heterocycles. The first-order chi connectivity index (χ1) is 6.20. The van der Waals surface area contributed by atoms with E-state index in [-0.39, 0.29) is 6.29 Å². The molecule has 0 radical (unpaired) electrons. The van der Waals surface area contributed by atoms with Gasteiger partial charge in [-0.15, -0.1) is 0 Å². The van der Waals surface area contributed by atoms with Gasteiger partial charge in [-0.1, -0.05) is 13.8 Å². The zero-order chi connectivity index (χ0) is 10.1. The van der Waals surface area contributed by atoms with Gasteiger partial charge in [-0.2, -0.15) is 0 Å². The Morgan fingerprint density at radius 3 is 2.15 bits per heavy atom. The molecular weight excluding hydrogens is 168 g/mol. The largest absolute Gasteiger partial charge is 0.376 e. The van der Waals surface area contributed by atoms with Crippen LogP contribution in [0.3, 0.4) is 0 Å². The third-order valence-electron chi connectivity index (χ3n) is 1.85. The summed E-state index contributed by atoms with van der Waals surface area (Å²) in [6.45, 7) is 5.74. The summed E-state index contributed by atoms with van der Waals surface area (Å²) in [6.07, 6.45) is 2.10. The van der Waals surface area contributed by atoms with Crippen molar-refractivity contribution in [2.75, 3.05) is 27.4 Å². The van der Waals surface area contributed by atoms with Crippen molar-refractivity contribution in [2.24, 2.45) is 5.92 Å². The highest BCUT2D eigenvalue weighted by atomic mass is 16.7. The molecule has 0 unspecified atom stereocenters. The Morgan fingerprint density at radius 2 is 1.69 bits per heavy atom. The summed E-state index contributed by atoms with van der Waals surface area (Å²) in [5.74, 6) is 0.754. The number of ether oxygens (including phenoxy) is 3. The third kappa shape index (κ3) is 8.22. The molecule has 0 saturated carbocycles. The quantitative estimate of drug-likeness (QED) is 0.433. The Kier molecular flexibility index (Phi) is 8.40. The van der Waals surface area contributed by atoms with Gasteiger partial charge in [0.2, 0.25) is 0 Å². The molecule has 0 aliphatic carbocycles. The lowest BCUT2D eigenvalue weighted by molar-refractivity contribution is -0.140. The summed E-state index contributed by atoms with van der Waals surface area (Å²) in [6, 6.07) is 0. The van der Waals surface area contributed by atoms with Crippen molar-refractivity contribution in [1.29, 1.82) is 0 Å². The van der Waals surface area contributed by atoms with Crippen LogP contribution in [0.2, 0.25) is 0 Å². The molecule has 3 heteroatoms. The molecule has 0 aliphatic heterocycles. The van der Waals surface area contributed by atoms with E-state index in [2.05, 4.69) is 13.8 Å². The maximum absolute atomic E-state index is 5.38. The molecule has 80 valence electrons. The lowest BCUT2D eigenvalue weighted by Crippen LogP contribution is -2.20. The average molecular weight is 190 g/mol. The summed E-state index contributed by atoms with van der Waals surface area (Å²) >= 11 is 0. The molecule has 0 amide bonds. The van der Waals surface area contributed by atoms with E-state index in [4.69, 9.17) is 14.2 Å². The van der Waals surface area contributed by atoms with Gasteiger partial charge in [0, 0.05) is 20.8 Å². The normalized spacial score (nSPS) is 11.5. The van der Waals surface area contributed by atoms with Crippen LogP contribution in [0.1, 0.15) is 26.7 Å². The Balaban J connectivity index is 3.14. The van der Waals surface area contributed by atoms with Crippen molar-refractivity contribution in [2.45, 2.75) is 33.0 Å². The van der Waals surface area contributed by atoms with Crippen LogP contribution in [-0.4, -0.2) is 33.7 Å². The Bertz CT molecular complexity index is 100. The van der Waals surface area contributed by atoms with Gasteiger partial charge in [-0.25, -0.2) is 0 Å². The molecule has 0 N–H and O–H groups in total. The highest BCUT2D eigenvalue weighted by Gasteiger charge is 2.03. The van der Waals surface area contributed by atoms with Crippen molar-refractivity contribution in [3.8, 4) is 0 Å². The van der Waals surface area contributed by atoms with Gasteiger partial charge in [0.05, 0.1) is 6.61 Å². The van der Waals surface area contributed by atoms with Crippen LogP contribution in [0.5, 0.6) is 0 Å². The highest BCUT2D eigenvalue weighted by Crippen LogP contribution is 2.03. The second-order valence-electron chi connectivity index (χ2n) is 3.51. The van der Waals surface area contributed by atoms with Crippen LogP contribution in [0.25, 0.3) is 0 Å². The molecule has 3 nitrogen and oxygen atoms in total. The number of rotatable bonds is 8. The predicted octanol–water partition coefficient (Wildman–Crippen LogP) is 2.06. The van der Waals surface area contributed by atoms with Crippen LogP contribution < -0.4 is 0 Å². The minimum absolute atomic E-state index is 0.223. The number of methoxy groups -OCH3 is 2. The average Bonchev–Trinajstić information content (AvgIpc) is 2.11. The summed E-state index contributed by atoms with van der Waals surface area (Å²) in [7, 11) is 3.23. The molecule has 0 saturated heterocycles. The Labute approximate surface area is 81.4 Å². The molecule has 0 atom stereocenters. The van der Waals surface area contributed by atoms with Gasteiger partial charge >= 0.3 is 0 Å². The monoisotopic (exact) mass is 190 g/mol. The number of hydrogen-bond acceptors (Lipinski definition) is 3. The van der Waals surface area contributed by atoms with Crippen molar-refractivity contribution >= 4 is 0 Å². The standard InChI is InChI=1S/C10H22O3/c1-9(2)6-5-7-13-8-10(11-3)12-4/h9-10H,5-8H2,1-4H3. The lowest BCUT2D eigenvalue weighted by Gasteiger charge is -2.13. The smallest absolute Gasteiger partial charge is 0.180 e. The highest BCUT2D eigenvalue weighted by molar-refractivity contribution is 4.45. The van der Waals surface area contributed by atoms with E-state index >= 15 is 0 Å². The fourth-order valence-corrected chi connectivity index (χ4v) is 1.01. The molecule has 0 heterocycles. The van der Waals surface area contributed by atoms with Gasteiger partial charge in [0.25, 0.3) is 0 Å². The first-order valence-corrected chi connectivity index (χ1v) is 4.84. The maximum atomic E-state index is 5.38. The van der Waals surface area contributed by atoms with Crippen molar-refractivity contribution in [3.05, 3.63) is 0 Å². The van der Waals surface area contributed by atoms with E-state index in [1.54, 1.807) is 14.2 Å². The van der Waals surface area contributed by atoms with E-state index in [0.29, 0.717) is 6.61 Å². The van der Waals surface area contributed by atoms with E-state index in [9.17, 15) is 0 Å². The zero-order valence-corrected chi connectivity index (χ0v) is 9.21. The fourth-order valence-electron chi connectivity index (χ4n) is 1.01. The molecule has 0 aliphatic rings. The predicted molar refractivity (Wildman–Crippen MR) is 52.7 cm³/mol. The van der Waals surface area contributed by atoms with Gasteiger partial charge in [0.1, 0.15) is 0 Å². The number of hydrogen-bond donors (Lipinski definition) is 0. The Hall–Kier alpha value is -0.120. The SMILES string of the molecule is COC(COCCCC(C)C)OC. The maximum Gasteiger partial charge on any atom is 0.180 e. The second-order valence-corrected chi connectivity index (χ2v) is 3.51. The molecular formula is C10H22O3. The van der Waals surface area contributed by atoms with Crippen molar-refractivity contribution in [1.82, 2.24) is 0 Å². The van der Waals surface area contributed by atoms with E-state index < -0.39 is 0 Å². The minimum atomic E-state index is -0.223. The van der Waals surface area contributed by atoms with Crippen LogP contribution in [0, 0.1) is 5.92 Å². The van der Waals surface area contributed by atoms with Crippen LogP contribution in [0.15, 0.2) is 0 Å². The van der Waals surface area contributed by atoms with Gasteiger partial charge in [-0.05, 0) is 18.8 Å². The topological polar surface area (TPSA) is 27.7 Å². The van der Waals surface area contributed by atoms with Gasteiger partial charge in [0.15, 0.2) is 6.29 Å². The molecule has 0 spiro atoms. The molecule has 0 fully saturated rings. The summed E-state index contributed by atoms with van der Waals surface area (Å²) in [5, 5.41) is 0. The van der Waals surface area contributed by atoms with E-state index in [1.165, 1.54) is 6.42 Å². The molecule has 0 aromatic carbocycles. The summed E-state index contributed by atoms with van der Waals surface area (Å²) in [5.41, 5.74) is 0. The molecule has 0 bridgehead atoms. The summed E-state index contributed by atoms with van der Waals surface area (Å²) < 4.78 is 15.3. The second kappa shape index (κ2) is 8.48. The van der Waals surface area contributed by atoms with Gasteiger partial charge < -0.3 is 14.2 Å². The molecule has 0 aromatic rings. The van der Waals surface area contributed by atoms with Crippen molar-refractivity contribution < 1.29 is 14.2 Å². The zero-order valence-electron chi connectivity index (χ0n) is 9.21. The molecule has 13 heavy (non-hydrogen) atoms. The first-order valence-electron chi connectivity index (χ1n) is 4.84. The Morgan fingerprint density at radius 1 is 1.08 bits per heavy atom. The van der Waals surface area contributed by atoms with E-state index in [0.717, 1.165) is 18.9 Å². The van der Waals surface area contributed by atoms with Crippen LogP contribution in [-0.2, 0) is 14.2 Å². The third-order valence-corrected chi connectivity index (χ3v) is 1.85. The van der Waals surface area contributed by atoms with Crippen LogP contribution in [0.4, 0.5) is 0 Å². The fraction of sp³-hybridized carbons (Fsp3) is 1.00. The van der Waals surface area contributed by atoms with E-state index in [1.807, 2.05) is 0 Å². The molecule has 0 rings (SSSR count). The van der Waals surface area contributed by atoms with Crippen LogP contribution >= 0.6 is 0 Å². The van der Waals surface area contributed by atoms with Crippen molar-refractivity contribution in [3.63, 3.8) is 0 Å². The van der Waals surface area contributed by atoms with Gasteiger partial charge in [-0.3, -0.25) is 0 Å². The first kappa shape index (κ1) is 12.9. The summed E-state index contributed by atoms with van der Waals surface area (Å²) in [4.78, 5) is 0. The lowest BCUT2D eigenvalue weighted by atomic mass is 10.1.